The van der Waals surface area contributed by atoms with Crippen LogP contribution in [0.5, 0.6) is 17.2 Å². The summed E-state index contributed by atoms with van der Waals surface area (Å²) in [7, 11) is 2.96. The van der Waals surface area contributed by atoms with Gasteiger partial charge in [-0.25, -0.2) is 10.2 Å². The first-order valence-corrected chi connectivity index (χ1v) is 10.7. The number of esters is 1. The molecule has 0 atom stereocenters. The van der Waals surface area contributed by atoms with Crippen LogP contribution in [0.3, 0.4) is 0 Å². The normalized spacial score (nSPS) is 10.5. The summed E-state index contributed by atoms with van der Waals surface area (Å²) in [5, 5.41) is 6.79. The molecule has 0 saturated carbocycles. The highest BCUT2D eigenvalue weighted by Crippen LogP contribution is 2.27. The Morgan fingerprint density at radius 3 is 2.34 bits per heavy atom. The molecule has 180 valence electrons. The molecule has 0 aliphatic heterocycles. The van der Waals surface area contributed by atoms with Crippen LogP contribution in [0.15, 0.2) is 71.8 Å². The Bertz CT molecular complexity index is 1240. The van der Waals surface area contributed by atoms with Crippen molar-refractivity contribution in [1.29, 1.82) is 0 Å². The van der Waals surface area contributed by atoms with Gasteiger partial charge in [-0.15, -0.1) is 0 Å². The molecular formula is C25H22ClN3O6. The van der Waals surface area contributed by atoms with Crippen molar-refractivity contribution in [1.82, 2.24) is 10.7 Å². The molecule has 35 heavy (non-hydrogen) atoms. The highest BCUT2D eigenvalue weighted by atomic mass is 35.5. The lowest BCUT2D eigenvalue weighted by Gasteiger charge is -2.09. The minimum atomic E-state index is -0.531. The van der Waals surface area contributed by atoms with Gasteiger partial charge in [0.1, 0.15) is 5.75 Å². The monoisotopic (exact) mass is 495 g/mol. The lowest BCUT2D eigenvalue weighted by atomic mass is 10.2. The molecule has 3 aromatic rings. The fourth-order valence-corrected chi connectivity index (χ4v) is 3.05. The molecule has 0 saturated heterocycles. The van der Waals surface area contributed by atoms with Crippen LogP contribution in [0.2, 0.25) is 5.02 Å². The van der Waals surface area contributed by atoms with Crippen molar-refractivity contribution in [2.24, 2.45) is 5.10 Å². The Kier molecular flexibility index (Phi) is 8.80. The van der Waals surface area contributed by atoms with Gasteiger partial charge in [0.2, 0.25) is 0 Å². The van der Waals surface area contributed by atoms with Gasteiger partial charge >= 0.3 is 5.97 Å². The van der Waals surface area contributed by atoms with Gasteiger partial charge in [0, 0.05) is 10.6 Å². The number of ether oxygens (including phenoxy) is 3. The van der Waals surface area contributed by atoms with E-state index in [1.54, 1.807) is 54.6 Å². The van der Waals surface area contributed by atoms with Gasteiger partial charge in [0.15, 0.2) is 11.5 Å². The van der Waals surface area contributed by atoms with Crippen molar-refractivity contribution in [2.45, 2.75) is 0 Å². The lowest BCUT2D eigenvalue weighted by Crippen LogP contribution is -2.34. The molecule has 0 unspecified atom stereocenters. The molecule has 0 aromatic heterocycles. The third-order valence-electron chi connectivity index (χ3n) is 4.61. The summed E-state index contributed by atoms with van der Waals surface area (Å²) in [5.74, 6) is -0.261. The average Bonchev–Trinajstić information content (AvgIpc) is 2.87. The molecule has 0 heterocycles. The van der Waals surface area contributed by atoms with E-state index in [0.717, 1.165) is 0 Å². The Balaban J connectivity index is 1.46. The van der Waals surface area contributed by atoms with E-state index in [4.69, 9.17) is 25.8 Å². The summed E-state index contributed by atoms with van der Waals surface area (Å²) in [6.45, 7) is -0.275. The van der Waals surface area contributed by atoms with Crippen LogP contribution in [-0.4, -0.2) is 44.8 Å². The molecule has 3 rings (SSSR count). The van der Waals surface area contributed by atoms with E-state index in [9.17, 15) is 14.4 Å². The van der Waals surface area contributed by atoms with Crippen LogP contribution in [0.25, 0.3) is 0 Å². The Labute approximate surface area is 206 Å². The first-order chi connectivity index (χ1) is 16.9. The number of carbonyl (C=O) groups is 3. The van der Waals surface area contributed by atoms with Gasteiger partial charge < -0.3 is 19.5 Å². The van der Waals surface area contributed by atoms with E-state index < -0.39 is 17.8 Å². The van der Waals surface area contributed by atoms with E-state index in [2.05, 4.69) is 15.8 Å². The summed E-state index contributed by atoms with van der Waals surface area (Å²) >= 11 is 5.89. The smallest absolute Gasteiger partial charge is 0.343 e. The van der Waals surface area contributed by atoms with E-state index in [1.807, 2.05) is 0 Å². The summed E-state index contributed by atoms with van der Waals surface area (Å²) in [6, 6.07) is 17.6. The second kappa shape index (κ2) is 12.2. The predicted octanol–water partition coefficient (Wildman–Crippen LogP) is 3.46. The van der Waals surface area contributed by atoms with Crippen molar-refractivity contribution < 1.29 is 28.6 Å². The third kappa shape index (κ3) is 7.31. The maximum atomic E-state index is 12.3. The number of benzene rings is 3. The molecule has 0 fully saturated rings. The zero-order valence-corrected chi connectivity index (χ0v) is 19.7. The highest BCUT2D eigenvalue weighted by Gasteiger charge is 2.12. The van der Waals surface area contributed by atoms with Crippen LogP contribution in [0.4, 0.5) is 0 Å². The minimum Gasteiger partial charge on any atom is -0.493 e. The van der Waals surface area contributed by atoms with Crippen LogP contribution >= 0.6 is 11.6 Å². The van der Waals surface area contributed by atoms with Crippen molar-refractivity contribution >= 4 is 35.6 Å². The Morgan fingerprint density at radius 1 is 0.914 bits per heavy atom. The summed E-state index contributed by atoms with van der Waals surface area (Å²) in [5.41, 5.74) is 3.63. The van der Waals surface area contributed by atoms with Gasteiger partial charge in [-0.3, -0.25) is 9.59 Å². The molecule has 0 spiro atoms. The zero-order valence-electron chi connectivity index (χ0n) is 18.9. The first kappa shape index (κ1) is 25.3. The first-order valence-electron chi connectivity index (χ1n) is 10.3. The quantitative estimate of drug-likeness (QED) is 0.203. The third-order valence-corrected chi connectivity index (χ3v) is 4.84. The molecule has 9 nitrogen and oxygen atoms in total. The van der Waals surface area contributed by atoms with Crippen LogP contribution in [-0.2, 0) is 4.79 Å². The van der Waals surface area contributed by atoms with Crippen molar-refractivity contribution in [2.75, 3.05) is 20.8 Å². The summed E-state index contributed by atoms with van der Waals surface area (Å²) in [4.78, 5) is 36.4. The maximum absolute atomic E-state index is 12.3. The van der Waals surface area contributed by atoms with E-state index in [1.165, 1.54) is 32.6 Å². The molecule has 10 heteroatoms. The number of hydrogen-bond donors (Lipinski definition) is 2. The minimum absolute atomic E-state index is 0.275. The highest BCUT2D eigenvalue weighted by molar-refractivity contribution is 6.30. The molecule has 3 aromatic carbocycles. The lowest BCUT2D eigenvalue weighted by molar-refractivity contribution is -0.120. The van der Waals surface area contributed by atoms with Crippen LogP contribution < -0.4 is 25.0 Å². The molecule has 0 aliphatic carbocycles. The predicted molar refractivity (Wildman–Crippen MR) is 130 cm³/mol. The number of rotatable bonds is 9. The summed E-state index contributed by atoms with van der Waals surface area (Å²) in [6.07, 6.45) is 1.41. The van der Waals surface area contributed by atoms with Gasteiger partial charge in [-0.2, -0.15) is 5.10 Å². The number of nitrogens with one attached hydrogen (secondary N) is 2. The molecule has 0 bridgehead atoms. The largest absolute Gasteiger partial charge is 0.493 e. The van der Waals surface area contributed by atoms with Gasteiger partial charge in [-0.05, 0) is 66.2 Å². The average molecular weight is 496 g/mol. The number of methoxy groups -OCH3 is 2. The Morgan fingerprint density at radius 2 is 1.66 bits per heavy atom. The molecule has 0 aliphatic rings. The standard InChI is InChI=1S/C25H22ClN3O6/c1-33-21-11-8-17(13-22(21)34-2)24(31)27-15-23(30)29-28-14-16-6-9-20(10-7-16)35-25(32)18-4-3-5-19(26)12-18/h3-14H,15H2,1-2H3,(H,27,31)(H,29,30)/b28-14+. The van der Waals surface area contributed by atoms with E-state index in [-0.39, 0.29) is 6.54 Å². The topological polar surface area (TPSA) is 115 Å². The fraction of sp³-hybridized carbons (Fsp3) is 0.120. The Hall–Kier alpha value is -4.37. The number of nitrogens with zero attached hydrogens (tertiary/aromatic N) is 1. The van der Waals surface area contributed by atoms with E-state index in [0.29, 0.717) is 39.0 Å². The second-order valence-electron chi connectivity index (χ2n) is 7.01. The van der Waals surface area contributed by atoms with Crippen molar-refractivity contribution in [3.05, 3.63) is 88.4 Å². The van der Waals surface area contributed by atoms with Gasteiger partial charge in [0.05, 0.1) is 32.5 Å². The zero-order chi connectivity index (χ0) is 25.2. The number of hydrogen-bond acceptors (Lipinski definition) is 7. The van der Waals surface area contributed by atoms with Crippen molar-refractivity contribution in [3.63, 3.8) is 0 Å². The molecule has 2 amide bonds. The van der Waals surface area contributed by atoms with Crippen LogP contribution in [0.1, 0.15) is 26.3 Å². The van der Waals surface area contributed by atoms with E-state index >= 15 is 0 Å². The number of halogens is 1. The van der Waals surface area contributed by atoms with Crippen LogP contribution in [0, 0.1) is 0 Å². The van der Waals surface area contributed by atoms with Gasteiger partial charge in [0.25, 0.3) is 11.8 Å². The molecular weight excluding hydrogens is 474 g/mol. The number of amides is 2. The summed E-state index contributed by atoms with van der Waals surface area (Å²) < 4.78 is 15.6. The molecule has 2 N–H and O–H groups in total. The number of carbonyl (C=O) groups excluding carboxylic acids is 3. The second-order valence-corrected chi connectivity index (χ2v) is 7.45. The van der Waals surface area contributed by atoms with Crippen molar-refractivity contribution in [3.8, 4) is 17.2 Å². The fourth-order valence-electron chi connectivity index (χ4n) is 2.86. The molecule has 0 radical (unpaired) electrons. The van der Waals surface area contributed by atoms with Gasteiger partial charge in [-0.1, -0.05) is 17.7 Å². The maximum Gasteiger partial charge on any atom is 0.343 e. The number of hydrazone groups is 1. The SMILES string of the molecule is COc1ccc(C(=O)NCC(=O)N/N=C/c2ccc(OC(=O)c3cccc(Cl)c3)cc2)cc1OC.